The first-order chi connectivity index (χ1) is 14.4. The van der Waals surface area contributed by atoms with E-state index >= 15 is 0 Å². The Morgan fingerprint density at radius 1 is 1.03 bits per heavy atom. The van der Waals surface area contributed by atoms with Gasteiger partial charge in [-0.15, -0.1) is 0 Å². The molecule has 0 saturated heterocycles. The van der Waals surface area contributed by atoms with Gasteiger partial charge in [0.2, 0.25) is 11.7 Å². The molecule has 9 heteroatoms. The molecule has 2 heterocycles. The van der Waals surface area contributed by atoms with E-state index in [0.29, 0.717) is 20.1 Å². The molecule has 150 valence electrons. The van der Waals surface area contributed by atoms with Gasteiger partial charge in [-0.3, -0.25) is 0 Å². The Labute approximate surface area is 196 Å². The van der Waals surface area contributed by atoms with E-state index in [0.717, 1.165) is 4.47 Å². The van der Waals surface area contributed by atoms with Crippen molar-refractivity contribution >= 4 is 71.7 Å². The van der Waals surface area contributed by atoms with E-state index in [2.05, 4.69) is 52.8 Å². The third kappa shape index (κ3) is 4.48. The lowest BCUT2D eigenvalue weighted by Gasteiger charge is -2.10. The number of hydrogen-bond acceptors (Lipinski definition) is 6. The summed E-state index contributed by atoms with van der Waals surface area (Å²) in [5, 5.41) is 0. The lowest BCUT2D eigenvalue weighted by Crippen LogP contribution is -2.09. The van der Waals surface area contributed by atoms with Gasteiger partial charge in [-0.25, -0.2) is 14.6 Å². The van der Waals surface area contributed by atoms with Gasteiger partial charge in [0.1, 0.15) is 0 Å². The van der Waals surface area contributed by atoms with Gasteiger partial charge < -0.3 is 13.9 Å². The maximum absolute atomic E-state index is 12.4. The Hall–Kier alpha value is -2.49. The summed E-state index contributed by atoms with van der Waals surface area (Å²) in [5.41, 5.74) is 1.19. The fraction of sp³-hybridized carbons (Fsp3) is 0. The summed E-state index contributed by atoms with van der Waals surface area (Å²) in [6.07, 6.45) is 2.87. The van der Waals surface area contributed by atoms with Crippen LogP contribution >= 0.6 is 47.8 Å². The molecule has 30 heavy (non-hydrogen) atoms. The second kappa shape index (κ2) is 8.71. The molecule has 1 aromatic heterocycles. The Kier molecular flexibility index (Phi) is 6.03. The standard InChI is InChI=1S/C21H10Br3NO5/c22-13-5-3-11(4-6-13)19-25-16(20(26)30-19)9-12-8-14(23)10-15(24)18(12)29-21(27)17-2-1-7-28-17/h1-10H/b16-9-. The minimum Gasteiger partial charge on any atom is -0.457 e. The van der Waals surface area contributed by atoms with E-state index in [9.17, 15) is 9.59 Å². The van der Waals surface area contributed by atoms with Gasteiger partial charge in [-0.2, -0.15) is 0 Å². The van der Waals surface area contributed by atoms with Crippen LogP contribution in [0.1, 0.15) is 21.7 Å². The van der Waals surface area contributed by atoms with Crippen molar-refractivity contribution in [1.29, 1.82) is 0 Å². The number of furan rings is 1. The first kappa shape index (κ1) is 20.8. The summed E-state index contributed by atoms with van der Waals surface area (Å²) in [6.45, 7) is 0. The summed E-state index contributed by atoms with van der Waals surface area (Å²) in [4.78, 5) is 29.0. The molecule has 0 N–H and O–H groups in total. The van der Waals surface area contributed by atoms with E-state index in [-0.39, 0.29) is 23.1 Å². The Balaban J connectivity index is 1.71. The molecule has 3 aromatic rings. The minimum absolute atomic E-state index is 0.0549. The van der Waals surface area contributed by atoms with Crippen LogP contribution in [0, 0.1) is 0 Å². The summed E-state index contributed by atoms with van der Waals surface area (Å²) in [7, 11) is 0. The number of ether oxygens (including phenoxy) is 2. The van der Waals surface area contributed by atoms with Crippen LogP contribution in [0.15, 0.2) is 83.3 Å². The number of aliphatic imine (C=N–C) groups is 1. The van der Waals surface area contributed by atoms with Crippen molar-refractivity contribution in [2.75, 3.05) is 0 Å². The predicted molar refractivity (Wildman–Crippen MR) is 120 cm³/mol. The smallest absolute Gasteiger partial charge is 0.379 e. The van der Waals surface area contributed by atoms with Crippen LogP contribution in [-0.2, 0) is 9.53 Å². The summed E-state index contributed by atoms with van der Waals surface area (Å²) < 4.78 is 18.0. The van der Waals surface area contributed by atoms with E-state index in [1.807, 2.05) is 12.1 Å². The highest BCUT2D eigenvalue weighted by Crippen LogP contribution is 2.35. The van der Waals surface area contributed by atoms with Crippen molar-refractivity contribution in [3.8, 4) is 5.75 Å². The number of nitrogens with zero attached hydrogens (tertiary/aromatic N) is 1. The minimum atomic E-state index is -0.671. The lowest BCUT2D eigenvalue weighted by atomic mass is 10.1. The lowest BCUT2D eigenvalue weighted by molar-refractivity contribution is -0.129. The molecule has 0 unspecified atom stereocenters. The number of hydrogen-bond donors (Lipinski definition) is 0. The van der Waals surface area contributed by atoms with E-state index < -0.39 is 11.9 Å². The van der Waals surface area contributed by atoms with Gasteiger partial charge in [0.25, 0.3) is 0 Å². The van der Waals surface area contributed by atoms with Gasteiger partial charge in [0.05, 0.1) is 10.7 Å². The van der Waals surface area contributed by atoms with Gasteiger partial charge in [0, 0.05) is 20.1 Å². The Bertz CT molecular complexity index is 1200. The molecule has 0 spiro atoms. The van der Waals surface area contributed by atoms with Crippen LogP contribution in [0.3, 0.4) is 0 Å². The molecule has 0 fully saturated rings. The fourth-order valence-electron chi connectivity index (χ4n) is 2.61. The highest BCUT2D eigenvalue weighted by atomic mass is 79.9. The first-order valence-corrected chi connectivity index (χ1v) is 10.8. The normalized spacial score (nSPS) is 14.6. The molecule has 0 aliphatic carbocycles. The fourth-order valence-corrected chi connectivity index (χ4v) is 4.21. The van der Waals surface area contributed by atoms with Crippen LogP contribution in [-0.4, -0.2) is 17.8 Å². The number of halogens is 3. The average molecular weight is 596 g/mol. The van der Waals surface area contributed by atoms with Crippen LogP contribution in [0.2, 0.25) is 0 Å². The van der Waals surface area contributed by atoms with Crippen molar-refractivity contribution in [2.24, 2.45) is 4.99 Å². The van der Waals surface area contributed by atoms with E-state index in [1.165, 1.54) is 18.4 Å². The second-order valence-corrected chi connectivity index (χ2v) is 8.70. The zero-order valence-corrected chi connectivity index (χ0v) is 19.7. The molecule has 1 aliphatic rings. The van der Waals surface area contributed by atoms with Crippen LogP contribution in [0.25, 0.3) is 6.08 Å². The predicted octanol–water partition coefficient (Wildman–Crippen LogP) is 6.13. The maximum atomic E-state index is 12.4. The number of carbonyl (C=O) groups is 2. The molecule has 4 rings (SSSR count). The number of esters is 2. The van der Waals surface area contributed by atoms with Crippen molar-refractivity contribution in [1.82, 2.24) is 0 Å². The quantitative estimate of drug-likeness (QED) is 0.206. The van der Waals surface area contributed by atoms with E-state index in [1.54, 1.807) is 30.3 Å². The molecule has 0 atom stereocenters. The highest BCUT2D eigenvalue weighted by Gasteiger charge is 2.25. The van der Waals surface area contributed by atoms with Crippen molar-refractivity contribution in [3.05, 3.63) is 90.8 Å². The largest absolute Gasteiger partial charge is 0.457 e. The van der Waals surface area contributed by atoms with E-state index in [4.69, 9.17) is 13.9 Å². The SMILES string of the molecule is O=C1OC(c2ccc(Br)cc2)=N/C1=C\c1cc(Br)cc(Br)c1OC(=O)c1ccco1. The highest BCUT2D eigenvalue weighted by molar-refractivity contribution is 9.11. The van der Waals surface area contributed by atoms with Gasteiger partial charge in [-0.05, 0) is 70.5 Å². The Morgan fingerprint density at radius 3 is 2.50 bits per heavy atom. The summed E-state index contributed by atoms with van der Waals surface area (Å²) in [5.74, 6) is -0.809. The third-order valence-corrected chi connectivity index (χ3v) is 5.53. The maximum Gasteiger partial charge on any atom is 0.379 e. The molecule has 0 bridgehead atoms. The first-order valence-electron chi connectivity index (χ1n) is 8.44. The molecular weight excluding hydrogens is 586 g/mol. The number of cyclic esters (lactones) is 1. The topological polar surface area (TPSA) is 78.1 Å². The zero-order valence-electron chi connectivity index (χ0n) is 14.9. The third-order valence-electron chi connectivity index (χ3n) is 3.96. The Morgan fingerprint density at radius 2 is 1.80 bits per heavy atom. The molecule has 0 radical (unpaired) electrons. The van der Waals surface area contributed by atoms with Crippen molar-refractivity contribution in [2.45, 2.75) is 0 Å². The molecular formula is C21H10Br3NO5. The average Bonchev–Trinajstić information content (AvgIpc) is 3.36. The summed E-state index contributed by atoms with van der Waals surface area (Å²) in [6, 6.07) is 13.7. The number of rotatable bonds is 4. The second-order valence-electron chi connectivity index (χ2n) is 6.02. The van der Waals surface area contributed by atoms with Crippen molar-refractivity contribution < 1.29 is 23.5 Å². The van der Waals surface area contributed by atoms with Gasteiger partial charge in [0.15, 0.2) is 11.4 Å². The molecule has 0 saturated carbocycles. The monoisotopic (exact) mass is 593 g/mol. The number of carbonyl (C=O) groups excluding carboxylic acids is 2. The van der Waals surface area contributed by atoms with Crippen LogP contribution < -0.4 is 4.74 Å². The molecule has 6 nitrogen and oxygen atoms in total. The van der Waals surface area contributed by atoms with Gasteiger partial charge in [-0.1, -0.05) is 31.9 Å². The van der Waals surface area contributed by atoms with Crippen LogP contribution in [0.5, 0.6) is 5.75 Å². The summed E-state index contributed by atoms with van der Waals surface area (Å²) >= 11 is 10.1. The van der Waals surface area contributed by atoms with Gasteiger partial charge >= 0.3 is 11.9 Å². The number of benzene rings is 2. The molecule has 2 aromatic carbocycles. The van der Waals surface area contributed by atoms with Crippen LogP contribution in [0.4, 0.5) is 0 Å². The molecule has 1 aliphatic heterocycles. The zero-order chi connectivity index (χ0) is 21.3. The molecule has 0 amide bonds. The van der Waals surface area contributed by atoms with Crippen molar-refractivity contribution in [3.63, 3.8) is 0 Å².